The van der Waals surface area contributed by atoms with Crippen molar-refractivity contribution >= 4 is 5.91 Å². The van der Waals surface area contributed by atoms with Crippen molar-refractivity contribution in [3.8, 4) is 11.5 Å². The van der Waals surface area contributed by atoms with Gasteiger partial charge in [-0.25, -0.2) is 9.37 Å². The molecule has 1 heterocycles. The average Bonchev–Trinajstić information content (AvgIpc) is 3.13. The first-order valence-electron chi connectivity index (χ1n) is 8.17. The molecule has 1 saturated carbocycles. The number of benzene rings is 1. The van der Waals surface area contributed by atoms with E-state index in [4.69, 9.17) is 4.42 Å². The van der Waals surface area contributed by atoms with Crippen molar-refractivity contribution in [1.29, 1.82) is 0 Å². The highest BCUT2D eigenvalue weighted by atomic mass is 19.1. The van der Waals surface area contributed by atoms with Crippen molar-refractivity contribution in [3.05, 3.63) is 41.5 Å². The van der Waals surface area contributed by atoms with Gasteiger partial charge in [0.15, 0.2) is 0 Å². The van der Waals surface area contributed by atoms with Gasteiger partial charge in [0.1, 0.15) is 11.6 Å². The van der Waals surface area contributed by atoms with Crippen molar-refractivity contribution < 1.29 is 18.7 Å². The summed E-state index contributed by atoms with van der Waals surface area (Å²) in [6, 6.07) is 6.22. The minimum atomic E-state index is -0.785. The normalized spacial score (nSPS) is 16.3. The zero-order valence-corrected chi connectivity index (χ0v) is 13.6. The van der Waals surface area contributed by atoms with Crippen LogP contribution in [-0.4, -0.2) is 28.1 Å². The second-order valence-electron chi connectivity index (χ2n) is 6.39. The van der Waals surface area contributed by atoms with Gasteiger partial charge in [-0.15, -0.1) is 0 Å². The molecule has 0 unspecified atom stereocenters. The molecule has 0 bridgehead atoms. The number of carbonyl (C=O) groups is 1. The number of hydrogen-bond acceptors (Lipinski definition) is 4. The molecule has 1 aliphatic rings. The highest BCUT2D eigenvalue weighted by molar-refractivity contribution is 5.78. The van der Waals surface area contributed by atoms with E-state index in [1.807, 2.05) is 0 Å². The van der Waals surface area contributed by atoms with Crippen LogP contribution in [0.2, 0.25) is 0 Å². The molecule has 5 nitrogen and oxygen atoms in total. The largest absolute Gasteiger partial charge is 0.441 e. The van der Waals surface area contributed by atoms with Crippen LogP contribution in [0.25, 0.3) is 11.5 Å². The second-order valence-corrected chi connectivity index (χ2v) is 6.39. The van der Waals surface area contributed by atoms with Crippen molar-refractivity contribution in [2.45, 2.75) is 44.6 Å². The number of halogens is 1. The topological polar surface area (TPSA) is 75.4 Å². The fourth-order valence-electron chi connectivity index (χ4n) is 3.03. The van der Waals surface area contributed by atoms with Crippen LogP contribution in [0.1, 0.15) is 37.1 Å². The molecule has 24 heavy (non-hydrogen) atoms. The summed E-state index contributed by atoms with van der Waals surface area (Å²) in [4.78, 5) is 16.3. The second kappa shape index (κ2) is 6.73. The van der Waals surface area contributed by atoms with Crippen molar-refractivity contribution in [3.63, 3.8) is 0 Å². The Morgan fingerprint density at radius 2 is 2.08 bits per heavy atom. The lowest BCUT2D eigenvalue weighted by atomic mass is 10.0. The van der Waals surface area contributed by atoms with Gasteiger partial charge in [0.2, 0.25) is 11.8 Å². The summed E-state index contributed by atoms with van der Waals surface area (Å²) < 4.78 is 19.3. The number of aryl methyl sites for hydroxylation is 1. The van der Waals surface area contributed by atoms with Gasteiger partial charge in [-0.3, -0.25) is 4.79 Å². The molecule has 0 radical (unpaired) electrons. The van der Waals surface area contributed by atoms with Crippen molar-refractivity contribution in [1.82, 2.24) is 10.3 Å². The fraction of sp³-hybridized carbons (Fsp3) is 0.444. The zero-order chi connectivity index (χ0) is 17.2. The number of nitrogens with zero attached hydrogens (tertiary/aromatic N) is 1. The van der Waals surface area contributed by atoms with Crippen molar-refractivity contribution in [2.24, 2.45) is 0 Å². The van der Waals surface area contributed by atoms with E-state index >= 15 is 0 Å². The molecule has 0 spiro atoms. The van der Waals surface area contributed by atoms with Crippen LogP contribution in [0.15, 0.2) is 28.7 Å². The predicted octanol–water partition coefficient (Wildman–Crippen LogP) is 2.75. The molecule has 128 valence electrons. The molecule has 0 atom stereocenters. The van der Waals surface area contributed by atoms with E-state index in [0.717, 1.165) is 12.8 Å². The van der Waals surface area contributed by atoms with Crippen LogP contribution in [0.5, 0.6) is 0 Å². The number of oxazole rings is 1. The van der Waals surface area contributed by atoms with E-state index in [1.165, 1.54) is 6.07 Å². The predicted molar refractivity (Wildman–Crippen MR) is 86.8 cm³/mol. The van der Waals surface area contributed by atoms with Crippen LogP contribution in [0.3, 0.4) is 0 Å². The van der Waals surface area contributed by atoms with Gasteiger partial charge >= 0.3 is 0 Å². The minimum absolute atomic E-state index is 0.0415. The lowest BCUT2D eigenvalue weighted by molar-refractivity contribution is -0.121. The maximum absolute atomic E-state index is 13.8. The SMILES string of the molecule is Cc1oc(-c2ccccc2F)nc1CC(=O)NCC1(O)CCCC1. The van der Waals surface area contributed by atoms with Gasteiger partial charge in [0, 0.05) is 6.54 Å². The highest BCUT2D eigenvalue weighted by Crippen LogP contribution is 2.28. The number of aliphatic hydroxyl groups is 1. The summed E-state index contributed by atoms with van der Waals surface area (Å²) in [5.74, 6) is 0.0100. The monoisotopic (exact) mass is 332 g/mol. The summed E-state index contributed by atoms with van der Waals surface area (Å²) in [7, 11) is 0. The van der Waals surface area contributed by atoms with Gasteiger partial charge in [-0.2, -0.15) is 0 Å². The molecular weight excluding hydrogens is 311 g/mol. The third-order valence-electron chi connectivity index (χ3n) is 4.47. The van der Waals surface area contributed by atoms with Crippen LogP contribution >= 0.6 is 0 Å². The Hall–Kier alpha value is -2.21. The Kier molecular flexibility index (Phi) is 4.66. The molecule has 0 saturated heterocycles. The molecule has 6 heteroatoms. The van der Waals surface area contributed by atoms with E-state index in [1.54, 1.807) is 25.1 Å². The summed E-state index contributed by atoms with van der Waals surface area (Å²) >= 11 is 0. The fourth-order valence-corrected chi connectivity index (χ4v) is 3.03. The first-order valence-corrected chi connectivity index (χ1v) is 8.17. The molecule has 0 aliphatic heterocycles. The first-order chi connectivity index (χ1) is 11.5. The summed E-state index contributed by atoms with van der Waals surface area (Å²) in [5, 5.41) is 13.0. The third-order valence-corrected chi connectivity index (χ3v) is 4.47. The summed E-state index contributed by atoms with van der Waals surface area (Å²) in [5.41, 5.74) is -0.0379. The first kappa shape index (κ1) is 16.6. The van der Waals surface area contributed by atoms with Crippen LogP contribution in [0.4, 0.5) is 4.39 Å². The van der Waals surface area contributed by atoms with Gasteiger partial charge in [-0.1, -0.05) is 25.0 Å². The smallest absolute Gasteiger partial charge is 0.229 e. The molecular formula is C18H21FN2O3. The quantitative estimate of drug-likeness (QED) is 0.883. The van der Waals surface area contributed by atoms with Crippen molar-refractivity contribution in [2.75, 3.05) is 6.54 Å². The van der Waals surface area contributed by atoms with E-state index in [-0.39, 0.29) is 30.3 Å². The van der Waals surface area contributed by atoms with Gasteiger partial charge < -0.3 is 14.8 Å². The lowest BCUT2D eigenvalue weighted by Crippen LogP contribution is -2.41. The highest BCUT2D eigenvalue weighted by Gasteiger charge is 2.31. The maximum atomic E-state index is 13.8. The van der Waals surface area contributed by atoms with E-state index in [0.29, 0.717) is 24.3 Å². The number of rotatable bonds is 5. The molecule has 1 amide bonds. The molecule has 1 aromatic carbocycles. The van der Waals surface area contributed by atoms with Crippen LogP contribution in [0, 0.1) is 12.7 Å². The maximum Gasteiger partial charge on any atom is 0.229 e. The molecule has 1 aromatic heterocycles. The van der Waals surface area contributed by atoms with E-state index in [9.17, 15) is 14.3 Å². The van der Waals surface area contributed by atoms with Crippen LogP contribution < -0.4 is 5.32 Å². The number of carbonyl (C=O) groups excluding carboxylic acids is 1. The minimum Gasteiger partial charge on any atom is -0.441 e. The summed E-state index contributed by atoms with van der Waals surface area (Å²) in [6.45, 7) is 1.95. The van der Waals surface area contributed by atoms with Gasteiger partial charge in [-0.05, 0) is 31.9 Å². The Morgan fingerprint density at radius 1 is 1.38 bits per heavy atom. The third kappa shape index (κ3) is 3.64. The van der Waals surface area contributed by atoms with Gasteiger partial charge in [0.05, 0.1) is 23.3 Å². The summed E-state index contributed by atoms with van der Waals surface area (Å²) in [6.07, 6.45) is 3.45. The number of amides is 1. The Labute approximate surface area is 139 Å². The number of hydrogen-bond donors (Lipinski definition) is 2. The van der Waals surface area contributed by atoms with Crippen LogP contribution in [-0.2, 0) is 11.2 Å². The van der Waals surface area contributed by atoms with E-state index in [2.05, 4.69) is 10.3 Å². The molecule has 3 rings (SSSR count). The average molecular weight is 332 g/mol. The molecule has 2 N–H and O–H groups in total. The molecule has 1 aliphatic carbocycles. The number of nitrogens with one attached hydrogen (secondary N) is 1. The Morgan fingerprint density at radius 3 is 2.79 bits per heavy atom. The standard InChI is InChI=1S/C18H21FN2O3/c1-12-15(10-16(22)20-11-18(23)8-4-5-9-18)21-17(24-12)13-6-2-3-7-14(13)19/h2-3,6-7,23H,4-5,8-11H2,1H3,(H,20,22). The lowest BCUT2D eigenvalue weighted by Gasteiger charge is -2.22. The van der Waals surface area contributed by atoms with Gasteiger partial charge in [0.25, 0.3) is 0 Å². The zero-order valence-electron chi connectivity index (χ0n) is 13.6. The Bertz CT molecular complexity index is 736. The van der Waals surface area contributed by atoms with E-state index < -0.39 is 11.4 Å². The Balaban J connectivity index is 1.65. The molecule has 1 fully saturated rings. The molecule has 2 aromatic rings. The number of aromatic nitrogens is 1.